The number of aryl methyl sites for hydroxylation is 3. The Morgan fingerprint density at radius 3 is 1.97 bits per heavy atom. The van der Waals surface area contributed by atoms with E-state index < -0.39 is 5.41 Å². The molecule has 0 spiro atoms. The lowest BCUT2D eigenvalue weighted by Gasteiger charge is -2.34. The van der Waals surface area contributed by atoms with E-state index in [1.807, 2.05) is 19.1 Å². The molecule has 0 aliphatic heterocycles. The van der Waals surface area contributed by atoms with Crippen molar-refractivity contribution in [1.82, 2.24) is 0 Å². The minimum absolute atomic E-state index is 0.315. The maximum Gasteiger partial charge on any atom is 0.308 e. The summed E-state index contributed by atoms with van der Waals surface area (Å²) in [6, 6.07) is 19.0. The number of esters is 1. The second kappa shape index (κ2) is 9.07. The molecule has 0 amide bonds. The van der Waals surface area contributed by atoms with Gasteiger partial charge in [0.15, 0.2) is 0 Å². The number of carbonyl (C=O) groups excluding carboxylic acids is 1. The Morgan fingerprint density at radius 2 is 1.47 bits per heavy atom. The summed E-state index contributed by atoms with van der Waals surface area (Å²) in [7, 11) is 5.81. The van der Waals surface area contributed by atoms with E-state index in [-0.39, 0.29) is 5.97 Å². The predicted octanol–water partition coefficient (Wildman–Crippen LogP) is 5.97. The van der Waals surface area contributed by atoms with Crippen molar-refractivity contribution in [3.8, 4) is 11.5 Å². The van der Waals surface area contributed by atoms with Crippen molar-refractivity contribution in [2.24, 2.45) is 0 Å². The van der Waals surface area contributed by atoms with Crippen LogP contribution in [-0.4, -0.2) is 27.2 Å². The second-order valence-corrected chi connectivity index (χ2v) is 8.78. The lowest BCUT2D eigenvalue weighted by molar-refractivity contribution is -0.131. The van der Waals surface area contributed by atoms with E-state index in [0.717, 1.165) is 22.4 Å². The van der Waals surface area contributed by atoms with Crippen molar-refractivity contribution in [3.05, 3.63) is 88.0 Å². The molecule has 32 heavy (non-hydrogen) atoms. The van der Waals surface area contributed by atoms with E-state index >= 15 is 0 Å². The molecule has 0 saturated heterocycles. The number of carbonyl (C=O) groups is 1. The first kappa shape index (κ1) is 23.4. The highest BCUT2D eigenvalue weighted by molar-refractivity contribution is 5.70. The zero-order valence-electron chi connectivity index (χ0n) is 20.4. The van der Waals surface area contributed by atoms with Crippen molar-refractivity contribution in [2.75, 3.05) is 26.1 Å². The molecule has 3 rings (SSSR count). The van der Waals surface area contributed by atoms with Crippen molar-refractivity contribution in [1.29, 1.82) is 0 Å². The molecule has 0 N–H and O–H groups in total. The number of rotatable bonds is 6. The molecule has 3 aromatic rings. The maximum atomic E-state index is 11.5. The van der Waals surface area contributed by atoms with Crippen molar-refractivity contribution in [2.45, 2.75) is 40.0 Å². The lowest BCUT2D eigenvalue weighted by atomic mass is 9.69. The largest absolute Gasteiger partial charge is 0.497 e. The molecule has 1 atom stereocenters. The van der Waals surface area contributed by atoms with Gasteiger partial charge in [0.25, 0.3) is 0 Å². The smallest absolute Gasteiger partial charge is 0.308 e. The third-order valence-corrected chi connectivity index (χ3v) is 6.23. The van der Waals surface area contributed by atoms with E-state index in [2.05, 4.69) is 82.2 Å². The summed E-state index contributed by atoms with van der Waals surface area (Å²) in [6.07, 6.45) is 0. The highest BCUT2D eigenvalue weighted by atomic mass is 16.5. The number of anilines is 1. The van der Waals surface area contributed by atoms with Crippen molar-refractivity contribution in [3.63, 3.8) is 0 Å². The molecular weight excluding hydrogens is 398 g/mol. The Labute approximate surface area is 191 Å². The van der Waals surface area contributed by atoms with Crippen LogP contribution in [0.25, 0.3) is 0 Å². The summed E-state index contributed by atoms with van der Waals surface area (Å²) in [5.74, 6) is 1.12. The molecule has 0 aromatic heterocycles. The number of hydrogen-bond donors (Lipinski definition) is 0. The van der Waals surface area contributed by atoms with E-state index in [1.54, 1.807) is 7.11 Å². The van der Waals surface area contributed by atoms with Crippen LogP contribution in [0.4, 0.5) is 5.69 Å². The van der Waals surface area contributed by atoms with Gasteiger partial charge in [-0.15, -0.1) is 0 Å². The van der Waals surface area contributed by atoms with Gasteiger partial charge in [0.2, 0.25) is 0 Å². The number of methoxy groups -OCH3 is 1. The van der Waals surface area contributed by atoms with Crippen LogP contribution in [-0.2, 0) is 10.2 Å². The third kappa shape index (κ3) is 4.36. The number of ether oxygens (including phenoxy) is 2. The molecule has 0 fully saturated rings. The SMILES string of the molecule is COc1ccc(C(C)(c2ccc(OC(C)=O)c(C)c2)c2ccc(N(C)C)c(C)c2)c(C)c1. The summed E-state index contributed by atoms with van der Waals surface area (Å²) in [6.45, 7) is 9.93. The normalized spacial score (nSPS) is 12.8. The van der Waals surface area contributed by atoms with E-state index in [1.165, 1.54) is 29.3 Å². The molecule has 0 heterocycles. The highest BCUT2D eigenvalue weighted by Crippen LogP contribution is 2.43. The molecular formula is C28H33NO3. The van der Waals surface area contributed by atoms with Gasteiger partial charge in [0.05, 0.1) is 7.11 Å². The van der Waals surface area contributed by atoms with Crippen LogP contribution in [0.5, 0.6) is 11.5 Å². The molecule has 4 nitrogen and oxygen atoms in total. The molecule has 0 radical (unpaired) electrons. The van der Waals surface area contributed by atoms with Gasteiger partial charge in [0.1, 0.15) is 11.5 Å². The Hall–Kier alpha value is -3.27. The summed E-state index contributed by atoms with van der Waals surface area (Å²) in [5.41, 5.74) is 7.63. The minimum atomic E-state index is -0.411. The van der Waals surface area contributed by atoms with Crippen LogP contribution in [0.2, 0.25) is 0 Å². The van der Waals surface area contributed by atoms with Crippen LogP contribution < -0.4 is 14.4 Å². The predicted molar refractivity (Wildman–Crippen MR) is 131 cm³/mol. The molecule has 4 heteroatoms. The zero-order chi connectivity index (χ0) is 23.6. The van der Waals surface area contributed by atoms with Crippen molar-refractivity contribution < 1.29 is 14.3 Å². The molecule has 3 aromatic carbocycles. The zero-order valence-corrected chi connectivity index (χ0v) is 20.4. The lowest BCUT2D eigenvalue weighted by Crippen LogP contribution is -2.27. The van der Waals surface area contributed by atoms with Gasteiger partial charge in [0, 0.05) is 32.1 Å². The molecule has 1 unspecified atom stereocenters. The molecule has 0 bridgehead atoms. The number of benzene rings is 3. The monoisotopic (exact) mass is 431 g/mol. The first-order chi connectivity index (χ1) is 15.1. The Bertz CT molecular complexity index is 1150. The minimum Gasteiger partial charge on any atom is -0.497 e. The highest BCUT2D eigenvalue weighted by Gasteiger charge is 2.33. The Morgan fingerprint density at radius 1 is 0.844 bits per heavy atom. The van der Waals surface area contributed by atoms with Crippen LogP contribution in [0, 0.1) is 20.8 Å². The molecule has 0 aliphatic rings. The van der Waals surface area contributed by atoms with Crippen LogP contribution in [0.1, 0.15) is 47.2 Å². The quantitative estimate of drug-likeness (QED) is 0.274. The first-order valence-corrected chi connectivity index (χ1v) is 10.8. The van der Waals surface area contributed by atoms with Gasteiger partial charge in [-0.05, 0) is 85.3 Å². The van der Waals surface area contributed by atoms with Crippen LogP contribution in [0.15, 0.2) is 54.6 Å². The Balaban J connectivity index is 2.26. The molecule has 0 saturated carbocycles. The van der Waals surface area contributed by atoms with Gasteiger partial charge in [-0.3, -0.25) is 4.79 Å². The number of hydrogen-bond acceptors (Lipinski definition) is 4. The fraction of sp³-hybridized carbons (Fsp3) is 0.321. The van der Waals surface area contributed by atoms with Gasteiger partial charge < -0.3 is 14.4 Å². The maximum absolute atomic E-state index is 11.5. The topological polar surface area (TPSA) is 38.8 Å². The van der Waals surface area contributed by atoms with E-state index in [9.17, 15) is 4.79 Å². The third-order valence-electron chi connectivity index (χ3n) is 6.23. The average molecular weight is 432 g/mol. The van der Waals surface area contributed by atoms with Gasteiger partial charge >= 0.3 is 5.97 Å². The molecule has 0 aliphatic carbocycles. The first-order valence-electron chi connectivity index (χ1n) is 10.8. The fourth-order valence-corrected chi connectivity index (χ4v) is 4.50. The average Bonchev–Trinajstić information content (AvgIpc) is 2.73. The fourth-order valence-electron chi connectivity index (χ4n) is 4.50. The standard InChI is InChI=1S/C28H33NO3/c1-18-17-24(31-8)11-12-25(18)28(5,22-9-13-26(29(6)7)19(2)15-22)23-10-14-27(20(3)16-23)32-21(4)30/h9-17H,1-8H3. The van der Waals surface area contributed by atoms with Gasteiger partial charge in [-0.25, -0.2) is 0 Å². The van der Waals surface area contributed by atoms with Crippen LogP contribution >= 0.6 is 0 Å². The number of nitrogens with zero attached hydrogens (tertiary/aromatic N) is 1. The Kier molecular flexibility index (Phi) is 6.63. The van der Waals surface area contributed by atoms with Gasteiger partial charge in [-0.1, -0.05) is 30.3 Å². The summed E-state index contributed by atoms with van der Waals surface area (Å²) in [4.78, 5) is 13.6. The second-order valence-electron chi connectivity index (χ2n) is 8.78. The van der Waals surface area contributed by atoms with Gasteiger partial charge in [-0.2, -0.15) is 0 Å². The molecule has 168 valence electrons. The summed E-state index contributed by atoms with van der Waals surface area (Å²) >= 11 is 0. The summed E-state index contributed by atoms with van der Waals surface area (Å²) in [5, 5.41) is 0. The van der Waals surface area contributed by atoms with E-state index in [4.69, 9.17) is 9.47 Å². The van der Waals surface area contributed by atoms with Crippen LogP contribution in [0.3, 0.4) is 0 Å². The summed E-state index contributed by atoms with van der Waals surface area (Å²) < 4.78 is 10.8. The van der Waals surface area contributed by atoms with Crippen molar-refractivity contribution >= 4 is 11.7 Å². The van der Waals surface area contributed by atoms with E-state index in [0.29, 0.717) is 5.75 Å².